The Kier molecular flexibility index (Phi) is 4.35. The van der Waals surface area contributed by atoms with Crippen molar-refractivity contribution in [3.05, 3.63) is 12.5 Å². The lowest BCUT2D eigenvalue weighted by Gasteiger charge is -2.16. The van der Waals surface area contributed by atoms with Crippen LogP contribution >= 0.6 is 11.6 Å². The summed E-state index contributed by atoms with van der Waals surface area (Å²) in [5.41, 5.74) is 0. The molecule has 1 aromatic rings. The second kappa shape index (κ2) is 5.16. The van der Waals surface area contributed by atoms with Crippen molar-refractivity contribution in [2.24, 2.45) is 0 Å². The van der Waals surface area contributed by atoms with Gasteiger partial charge in [-0.15, -0.1) is 11.6 Å². The van der Waals surface area contributed by atoms with Crippen molar-refractivity contribution >= 4 is 21.6 Å². The Balaban J connectivity index is 2.92. The van der Waals surface area contributed by atoms with Crippen molar-refractivity contribution in [2.75, 3.05) is 13.6 Å². The van der Waals surface area contributed by atoms with Crippen LogP contribution in [0.3, 0.4) is 0 Å². The molecule has 1 heterocycles. The molecular weight excluding hydrogens is 250 g/mol. The molecule has 0 aliphatic heterocycles. The molecule has 0 N–H and O–H groups in total. The summed E-state index contributed by atoms with van der Waals surface area (Å²) in [5.74, 6) is 0. The zero-order chi connectivity index (χ0) is 12.3. The van der Waals surface area contributed by atoms with Crippen LogP contribution in [0.5, 0.6) is 0 Å². The molecule has 0 saturated carbocycles. The first-order valence-corrected chi connectivity index (χ1v) is 6.87. The van der Waals surface area contributed by atoms with E-state index in [-0.39, 0.29) is 16.9 Å². The lowest BCUT2D eigenvalue weighted by atomic mass is 10.5. The van der Waals surface area contributed by atoms with Crippen LogP contribution in [-0.4, -0.2) is 41.2 Å². The zero-order valence-electron chi connectivity index (χ0n) is 9.59. The number of imidazole rings is 1. The van der Waals surface area contributed by atoms with E-state index in [1.54, 1.807) is 11.5 Å². The summed E-state index contributed by atoms with van der Waals surface area (Å²) in [6.07, 6.45) is 3.02. The molecule has 0 aliphatic rings. The predicted molar refractivity (Wildman–Crippen MR) is 63.0 cm³/mol. The number of aryl methyl sites for hydroxylation is 1. The van der Waals surface area contributed by atoms with Gasteiger partial charge in [0, 0.05) is 31.7 Å². The number of aromatic nitrogens is 2. The second-order valence-electron chi connectivity index (χ2n) is 3.61. The van der Waals surface area contributed by atoms with Gasteiger partial charge >= 0.3 is 0 Å². The molecule has 1 rings (SSSR count). The lowest BCUT2D eigenvalue weighted by molar-refractivity contribution is 0.468. The van der Waals surface area contributed by atoms with Crippen molar-refractivity contribution < 1.29 is 8.42 Å². The first-order valence-electron chi connectivity index (χ1n) is 5.00. The van der Waals surface area contributed by atoms with Crippen LogP contribution in [0.15, 0.2) is 17.6 Å². The van der Waals surface area contributed by atoms with E-state index in [1.165, 1.54) is 23.9 Å². The highest BCUT2D eigenvalue weighted by molar-refractivity contribution is 7.89. The molecule has 7 heteroatoms. The Labute approximate surface area is 101 Å². The third-order valence-electron chi connectivity index (χ3n) is 2.16. The highest BCUT2D eigenvalue weighted by atomic mass is 35.5. The average molecular weight is 266 g/mol. The second-order valence-corrected chi connectivity index (χ2v) is 6.35. The fourth-order valence-electron chi connectivity index (χ4n) is 1.26. The number of hydrogen-bond donors (Lipinski definition) is 0. The Bertz CT molecular complexity index is 441. The Morgan fingerprint density at radius 1 is 1.62 bits per heavy atom. The van der Waals surface area contributed by atoms with Crippen LogP contribution in [0.2, 0.25) is 0 Å². The van der Waals surface area contributed by atoms with Crippen molar-refractivity contribution in [3.8, 4) is 0 Å². The number of halogens is 1. The molecule has 0 bridgehead atoms. The van der Waals surface area contributed by atoms with E-state index in [2.05, 4.69) is 4.98 Å². The summed E-state index contributed by atoms with van der Waals surface area (Å²) in [4.78, 5) is 3.88. The standard InChI is InChI=1S/C9H16ClN3O2S/c1-4-13-6-9(11-7-13)16(14,15)12(3)5-8(2)10/h6-8H,4-5H2,1-3H3. The Hall–Kier alpha value is -0.590. The van der Waals surface area contributed by atoms with Gasteiger partial charge in [-0.05, 0) is 13.8 Å². The summed E-state index contributed by atoms with van der Waals surface area (Å²) < 4.78 is 26.9. The van der Waals surface area contributed by atoms with Gasteiger partial charge in [-0.1, -0.05) is 0 Å². The van der Waals surface area contributed by atoms with Crippen LogP contribution < -0.4 is 0 Å². The topological polar surface area (TPSA) is 55.2 Å². The smallest absolute Gasteiger partial charge is 0.261 e. The molecule has 1 aromatic heterocycles. The van der Waals surface area contributed by atoms with Gasteiger partial charge in [0.25, 0.3) is 10.0 Å². The maximum atomic E-state index is 12.0. The molecule has 0 aromatic carbocycles. The zero-order valence-corrected chi connectivity index (χ0v) is 11.2. The van der Waals surface area contributed by atoms with E-state index in [1.807, 2.05) is 6.92 Å². The van der Waals surface area contributed by atoms with Crippen LogP contribution in [-0.2, 0) is 16.6 Å². The summed E-state index contributed by atoms with van der Waals surface area (Å²) >= 11 is 5.77. The van der Waals surface area contributed by atoms with Crippen LogP contribution in [0.1, 0.15) is 13.8 Å². The van der Waals surface area contributed by atoms with Crippen LogP contribution in [0, 0.1) is 0 Å². The minimum atomic E-state index is -3.51. The fourth-order valence-corrected chi connectivity index (χ4v) is 2.73. The minimum absolute atomic E-state index is 0.0640. The highest BCUT2D eigenvalue weighted by Gasteiger charge is 2.24. The van der Waals surface area contributed by atoms with Gasteiger partial charge in [-0.3, -0.25) is 0 Å². The van der Waals surface area contributed by atoms with E-state index in [0.29, 0.717) is 6.54 Å². The van der Waals surface area contributed by atoms with E-state index in [0.717, 1.165) is 0 Å². The van der Waals surface area contributed by atoms with Gasteiger partial charge in [0.2, 0.25) is 0 Å². The monoisotopic (exact) mass is 265 g/mol. The number of alkyl halides is 1. The quantitative estimate of drug-likeness (QED) is 0.751. The van der Waals surface area contributed by atoms with Crippen LogP contribution in [0.25, 0.3) is 0 Å². The van der Waals surface area contributed by atoms with Gasteiger partial charge in [-0.25, -0.2) is 13.4 Å². The van der Waals surface area contributed by atoms with Crippen molar-refractivity contribution in [1.82, 2.24) is 13.9 Å². The number of nitrogens with zero attached hydrogens (tertiary/aromatic N) is 3. The summed E-state index contributed by atoms with van der Waals surface area (Å²) in [7, 11) is -2.01. The molecule has 0 fully saturated rings. The molecule has 0 amide bonds. The molecule has 0 aliphatic carbocycles. The Morgan fingerprint density at radius 3 is 2.69 bits per heavy atom. The molecule has 0 saturated heterocycles. The molecule has 0 spiro atoms. The highest BCUT2D eigenvalue weighted by Crippen LogP contribution is 2.12. The molecule has 5 nitrogen and oxygen atoms in total. The average Bonchev–Trinajstić information content (AvgIpc) is 2.65. The van der Waals surface area contributed by atoms with E-state index >= 15 is 0 Å². The maximum absolute atomic E-state index is 12.0. The van der Waals surface area contributed by atoms with Crippen molar-refractivity contribution in [2.45, 2.75) is 30.8 Å². The molecular formula is C9H16ClN3O2S. The normalized spacial score (nSPS) is 14.3. The van der Waals surface area contributed by atoms with Gasteiger partial charge in [0.1, 0.15) is 0 Å². The molecule has 0 radical (unpaired) electrons. The number of sulfonamides is 1. The van der Waals surface area contributed by atoms with Crippen molar-refractivity contribution in [3.63, 3.8) is 0 Å². The summed E-state index contributed by atoms with van der Waals surface area (Å²) in [6, 6.07) is 0. The molecule has 1 unspecified atom stereocenters. The van der Waals surface area contributed by atoms with Crippen molar-refractivity contribution in [1.29, 1.82) is 0 Å². The third kappa shape index (κ3) is 2.96. The first kappa shape index (κ1) is 13.5. The minimum Gasteiger partial charge on any atom is -0.336 e. The first-order chi connectivity index (χ1) is 7.37. The Morgan fingerprint density at radius 2 is 2.25 bits per heavy atom. The third-order valence-corrected chi connectivity index (χ3v) is 4.01. The lowest BCUT2D eigenvalue weighted by Crippen LogP contribution is -2.31. The SMILES string of the molecule is CCn1cnc(S(=O)(=O)N(C)CC(C)Cl)c1. The van der Waals surface area contributed by atoms with Gasteiger partial charge in [0.15, 0.2) is 5.03 Å². The van der Waals surface area contributed by atoms with Crippen LogP contribution in [0.4, 0.5) is 0 Å². The van der Waals surface area contributed by atoms with E-state index in [4.69, 9.17) is 11.6 Å². The molecule has 92 valence electrons. The van der Waals surface area contributed by atoms with Gasteiger partial charge < -0.3 is 4.57 Å². The predicted octanol–water partition coefficient (Wildman–Crippen LogP) is 1.15. The summed E-state index contributed by atoms with van der Waals surface area (Å²) in [6.45, 7) is 4.63. The molecule has 16 heavy (non-hydrogen) atoms. The van der Waals surface area contributed by atoms with E-state index < -0.39 is 10.0 Å². The van der Waals surface area contributed by atoms with E-state index in [9.17, 15) is 8.42 Å². The largest absolute Gasteiger partial charge is 0.336 e. The summed E-state index contributed by atoms with van der Waals surface area (Å²) in [5, 5.41) is -0.165. The maximum Gasteiger partial charge on any atom is 0.261 e. The number of hydrogen-bond acceptors (Lipinski definition) is 3. The fraction of sp³-hybridized carbons (Fsp3) is 0.667. The number of rotatable bonds is 5. The van der Waals surface area contributed by atoms with Gasteiger partial charge in [0.05, 0.1) is 6.33 Å². The molecule has 1 atom stereocenters. The van der Waals surface area contributed by atoms with Gasteiger partial charge in [-0.2, -0.15) is 4.31 Å².